The molecule has 3 rings (SSSR count). The fourth-order valence-electron chi connectivity index (χ4n) is 2.40. The third-order valence-corrected chi connectivity index (χ3v) is 4.46. The SMILES string of the molecule is CCc1cc2c(N3CCCC3)nc(C)nc2s1.[Cl-]. The number of aryl methyl sites for hydroxylation is 2. The van der Waals surface area contributed by atoms with Crippen molar-refractivity contribution < 1.29 is 12.4 Å². The number of hydrogen-bond acceptors (Lipinski definition) is 4. The predicted octanol–water partition coefficient (Wildman–Crippen LogP) is 0.166. The van der Waals surface area contributed by atoms with Crippen molar-refractivity contribution in [1.29, 1.82) is 0 Å². The van der Waals surface area contributed by atoms with E-state index in [1.54, 1.807) is 11.3 Å². The van der Waals surface area contributed by atoms with Gasteiger partial charge in [-0.15, -0.1) is 11.3 Å². The van der Waals surface area contributed by atoms with Crippen LogP contribution in [-0.2, 0) is 6.42 Å². The standard InChI is InChI=1S/C13H17N3S.ClH/c1-3-10-8-11-12(16-6-4-5-7-16)14-9(2)15-13(11)17-10;/h8H,3-7H2,1-2H3;1H/p-1. The number of aromatic nitrogens is 2. The molecule has 0 unspecified atom stereocenters. The predicted molar refractivity (Wildman–Crippen MR) is 73.0 cm³/mol. The van der Waals surface area contributed by atoms with E-state index in [0.29, 0.717) is 0 Å². The summed E-state index contributed by atoms with van der Waals surface area (Å²) < 4.78 is 0. The van der Waals surface area contributed by atoms with Gasteiger partial charge in [-0.25, -0.2) is 9.97 Å². The van der Waals surface area contributed by atoms with E-state index in [-0.39, 0.29) is 12.4 Å². The second-order valence-corrected chi connectivity index (χ2v) is 5.69. The molecule has 2 aromatic heterocycles. The summed E-state index contributed by atoms with van der Waals surface area (Å²) in [7, 11) is 0. The van der Waals surface area contributed by atoms with Crippen LogP contribution >= 0.6 is 11.3 Å². The van der Waals surface area contributed by atoms with Crippen LogP contribution < -0.4 is 17.3 Å². The van der Waals surface area contributed by atoms with E-state index in [9.17, 15) is 0 Å². The van der Waals surface area contributed by atoms with Gasteiger partial charge in [0, 0.05) is 18.0 Å². The normalized spacial score (nSPS) is 15.1. The van der Waals surface area contributed by atoms with Gasteiger partial charge in [0.25, 0.3) is 0 Å². The Labute approximate surface area is 118 Å². The van der Waals surface area contributed by atoms with Crippen molar-refractivity contribution in [3.63, 3.8) is 0 Å². The Morgan fingerprint density at radius 3 is 2.67 bits per heavy atom. The number of hydrogen-bond donors (Lipinski definition) is 0. The van der Waals surface area contributed by atoms with Gasteiger partial charge in [0.05, 0.1) is 5.39 Å². The molecule has 1 aliphatic rings. The smallest absolute Gasteiger partial charge is 0.141 e. The third-order valence-electron chi connectivity index (χ3n) is 3.29. The van der Waals surface area contributed by atoms with Crippen molar-refractivity contribution >= 4 is 27.4 Å². The maximum absolute atomic E-state index is 4.65. The van der Waals surface area contributed by atoms with Crippen LogP contribution in [0.3, 0.4) is 0 Å². The summed E-state index contributed by atoms with van der Waals surface area (Å²) in [5.41, 5.74) is 0. The van der Waals surface area contributed by atoms with Gasteiger partial charge in [-0.1, -0.05) is 6.92 Å². The van der Waals surface area contributed by atoms with E-state index in [1.165, 1.54) is 23.1 Å². The molecule has 0 spiro atoms. The number of nitrogens with zero attached hydrogens (tertiary/aromatic N) is 3. The van der Waals surface area contributed by atoms with Crippen LogP contribution in [0.4, 0.5) is 5.82 Å². The minimum absolute atomic E-state index is 0. The van der Waals surface area contributed by atoms with E-state index in [2.05, 4.69) is 27.9 Å². The molecule has 1 fully saturated rings. The highest BCUT2D eigenvalue weighted by Gasteiger charge is 2.18. The lowest BCUT2D eigenvalue weighted by molar-refractivity contribution is -0.00000365. The van der Waals surface area contributed by atoms with E-state index >= 15 is 0 Å². The Morgan fingerprint density at radius 2 is 2.00 bits per heavy atom. The third kappa shape index (κ3) is 2.31. The number of fused-ring (bicyclic) bond motifs is 1. The summed E-state index contributed by atoms with van der Waals surface area (Å²) in [6, 6.07) is 2.27. The van der Waals surface area contributed by atoms with Crippen molar-refractivity contribution in [2.75, 3.05) is 18.0 Å². The summed E-state index contributed by atoms with van der Waals surface area (Å²) in [5, 5.41) is 1.25. The molecule has 18 heavy (non-hydrogen) atoms. The fraction of sp³-hybridized carbons (Fsp3) is 0.538. The average Bonchev–Trinajstić information content (AvgIpc) is 2.96. The van der Waals surface area contributed by atoms with Crippen LogP contribution in [0.15, 0.2) is 6.07 Å². The molecule has 0 N–H and O–H groups in total. The van der Waals surface area contributed by atoms with Gasteiger partial charge < -0.3 is 17.3 Å². The first kappa shape index (κ1) is 13.6. The number of anilines is 1. The molecule has 3 heterocycles. The lowest BCUT2D eigenvalue weighted by atomic mass is 10.3. The molecule has 1 saturated heterocycles. The average molecular weight is 283 g/mol. The molecule has 0 amide bonds. The Kier molecular flexibility index (Phi) is 4.07. The van der Waals surface area contributed by atoms with Gasteiger partial charge in [0.15, 0.2) is 0 Å². The second-order valence-electron chi connectivity index (χ2n) is 4.57. The highest BCUT2D eigenvalue weighted by atomic mass is 35.5. The zero-order valence-corrected chi connectivity index (χ0v) is 12.3. The van der Waals surface area contributed by atoms with Crippen molar-refractivity contribution in [3.05, 3.63) is 16.8 Å². The monoisotopic (exact) mass is 282 g/mol. The lowest BCUT2D eigenvalue weighted by Crippen LogP contribution is -3.00. The molecule has 0 aromatic carbocycles. The van der Waals surface area contributed by atoms with Crippen LogP contribution in [0, 0.1) is 6.92 Å². The zero-order chi connectivity index (χ0) is 11.8. The van der Waals surface area contributed by atoms with Crippen molar-refractivity contribution in [2.45, 2.75) is 33.1 Å². The highest BCUT2D eigenvalue weighted by Crippen LogP contribution is 2.32. The molecular formula is C13H17ClN3S-. The Bertz CT molecular complexity index is 546. The molecule has 2 aromatic rings. The molecule has 5 heteroatoms. The Hall–Kier alpha value is -0.870. The van der Waals surface area contributed by atoms with E-state index in [0.717, 1.165) is 36.0 Å². The first-order chi connectivity index (χ1) is 8.28. The van der Waals surface area contributed by atoms with Gasteiger partial charge in [-0.05, 0) is 32.3 Å². The molecule has 0 atom stereocenters. The maximum Gasteiger partial charge on any atom is 0.141 e. The summed E-state index contributed by atoms with van der Waals surface area (Å²) in [6.45, 7) is 6.47. The molecule has 0 bridgehead atoms. The van der Waals surface area contributed by atoms with Crippen molar-refractivity contribution in [2.24, 2.45) is 0 Å². The van der Waals surface area contributed by atoms with Gasteiger partial charge in [0.1, 0.15) is 16.5 Å². The minimum Gasteiger partial charge on any atom is -1.00 e. The molecular weight excluding hydrogens is 266 g/mol. The quantitative estimate of drug-likeness (QED) is 0.786. The van der Waals surface area contributed by atoms with Gasteiger partial charge >= 0.3 is 0 Å². The molecule has 0 saturated carbocycles. The Morgan fingerprint density at radius 1 is 1.28 bits per heavy atom. The molecule has 0 radical (unpaired) electrons. The highest BCUT2D eigenvalue weighted by molar-refractivity contribution is 7.18. The van der Waals surface area contributed by atoms with Crippen LogP contribution in [0.25, 0.3) is 10.2 Å². The largest absolute Gasteiger partial charge is 1.00 e. The minimum atomic E-state index is 0. The molecule has 98 valence electrons. The fourth-order valence-corrected chi connectivity index (χ4v) is 3.41. The van der Waals surface area contributed by atoms with Crippen LogP contribution in [0.2, 0.25) is 0 Å². The number of thiophene rings is 1. The van der Waals surface area contributed by atoms with Gasteiger partial charge in [-0.2, -0.15) is 0 Å². The summed E-state index contributed by atoms with van der Waals surface area (Å²) in [5.74, 6) is 2.05. The first-order valence-electron chi connectivity index (χ1n) is 6.30. The molecule has 1 aliphatic heterocycles. The van der Waals surface area contributed by atoms with Gasteiger partial charge in [-0.3, -0.25) is 0 Å². The summed E-state index contributed by atoms with van der Waals surface area (Å²) in [6.07, 6.45) is 3.66. The van der Waals surface area contributed by atoms with Crippen molar-refractivity contribution in [3.8, 4) is 0 Å². The Balaban J connectivity index is 0.00000120. The summed E-state index contributed by atoms with van der Waals surface area (Å²) in [4.78, 5) is 14.2. The van der Waals surface area contributed by atoms with E-state index in [1.807, 2.05) is 6.92 Å². The topological polar surface area (TPSA) is 29.0 Å². The van der Waals surface area contributed by atoms with Crippen LogP contribution in [-0.4, -0.2) is 23.1 Å². The first-order valence-corrected chi connectivity index (χ1v) is 7.11. The lowest BCUT2D eigenvalue weighted by Gasteiger charge is -2.17. The number of halogens is 1. The molecule has 3 nitrogen and oxygen atoms in total. The van der Waals surface area contributed by atoms with E-state index < -0.39 is 0 Å². The second kappa shape index (κ2) is 5.41. The van der Waals surface area contributed by atoms with Crippen LogP contribution in [0.5, 0.6) is 0 Å². The van der Waals surface area contributed by atoms with Crippen LogP contribution in [0.1, 0.15) is 30.5 Å². The van der Waals surface area contributed by atoms with Gasteiger partial charge in [0.2, 0.25) is 0 Å². The molecule has 0 aliphatic carbocycles. The maximum atomic E-state index is 4.65. The van der Waals surface area contributed by atoms with Crippen molar-refractivity contribution in [1.82, 2.24) is 9.97 Å². The number of rotatable bonds is 2. The van der Waals surface area contributed by atoms with E-state index in [4.69, 9.17) is 0 Å². The summed E-state index contributed by atoms with van der Waals surface area (Å²) >= 11 is 1.81. The zero-order valence-electron chi connectivity index (χ0n) is 10.7.